The molecule has 20 heavy (non-hydrogen) atoms. The van der Waals surface area contributed by atoms with E-state index in [9.17, 15) is 4.79 Å². The first kappa shape index (κ1) is 14.5. The summed E-state index contributed by atoms with van der Waals surface area (Å²) in [5, 5.41) is 3.56. The maximum Gasteiger partial charge on any atom is 0.262 e. The average molecular weight is 311 g/mol. The molecule has 0 fully saturated rings. The fraction of sp³-hybridized carbons (Fsp3) is 0.0714. The number of benzene rings is 2. The van der Waals surface area contributed by atoms with E-state index in [1.54, 1.807) is 42.5 Å². The number of anilines is 2. The third kappa shape index (κ3) is 4.05. The summed E-state index contributed by atoms with van der Waals surface area (Å²) >= 11 is 11.8. The molecule has 6 heteroatoms. The van der Waals surface area contributed by atoms with Gasteiger partial charge in [0.1, 0.15) is 5.75 Å². The van der Waals surface area contributed by atoms with Crippen molar-refractivity contribution in [3.05, 3.63) is 52.5 Å². The number of carbonyl (C=O) groups excluding carboxylic acids is 1. The largest absolute Gasteiger partial charge is 0.482 e. The number of nitrogens with two attached hydrogens (primary N) is 1. The third-order valence-corrected chi connectivity index (χ3v) is 2.99. The van der Waals surface area contributed by atoms with Gasteiger partial charge in [0.25, 0.3) is 5.91 Å². The molecule has 0 saturated carbocycles. The number of hydrogen-bond acceptors (Lipinski definition) is 3. The van der Waals surface area contributed by atoms with Crippen LogP contribution in [-0.4, -0.2) is 12.5 Å². The highest BCUT2D eigenvalue weighted by molar-refractivity contribution is 6.34. The van der Waals surface area contributed by atoms with Crippen LogP contribution in [0.15, 0.2) is 42.5 Å². The SMILES string of the molecule is Nc1ccc(NC(=O)COc2cc(Cl)ccc2Cl)cc1. The summed E-state index contributed by atoms with van der Waals surface area (Å²) < 4.78 is 5.32. The standard InChI is InChI=1S/C14H12Cl2N2O2/c15-9-1-6-12(16)13(7-9)20-8-14(19)18-11-4-2-10(17)3-5-11/h1-7H,8,17H2,(H,18,19). The molecule has 0 atom stereocenters. The lowest BCUT2D eigenvalue weighted by molar-refractivity contribution is -0.118. The van der Waals surface area contributed by atoms with Crippen LogP contribution >= 0.6 is 23.2 Å². The molecule has 4 nitrogen and oxygen atoms in total. The zero-order valence-electron chi connectivity index (χ0n) is 10.4. The van der Waals surface area contributed by atoms with Crippen LogP contribution < -0.4 is 15.8 Å². The van der Waals surface area contributed by atoms with Crippen LogP contribution in [0.4, 0.5) is 11.4 Å². The van der Waals surface area contributed by atoms with Gasteiger partial charge in [-0.2, -0.15) is 0 Å². The molecular formula is C14H12Cl2N2O2. The molecule has 3 N–H and O–H groups in total. The summed E-state index contributed by atoms with van der Waals surface area (Å²) in [6.45, 7) is -0.162. The molecule has 0 spiro atoms. The summed E-state index contributed by atoms with van der Waals surface area (Å²) in [7, 11) is 0. The topological polar surface area (TPSA) is 64.3 Å². The van der Waals surface area contributed by atoms with Gasteiger partial charge in [-0.15, -0.1) is 0 Å². The predicted molar refractivity (Wildman–Crippen MR) is 81.4 cm³/mol. The molecule has 2 aromatic rings. The Balaban J connectivity index is 1.92. The van der Waals surface area contributed by atoms with E-state index in [0.717, 1.165) is 0 Å². The number of nitrogens with one attached hydrogen (secondary N) is 1. The van der Waals surface area contributed by atoms with Crippen molar-refractivity contribution in [3.63, 3.8) is 0 Å². The Morgan fingerprint density at radius 1 is 1.15 bits per heavy atom. The number of rotatable bonds is 4. The summed E-state index contributed by atoms with van der Waals surface area (Å²) in [6, 6.07) is 11.6. The number of carbonyl (C=O) groups is 1. The van der Waals surface area contributed by atoms with Crippen LogP contribution in [0.5, 0.6) is 5.75 Å². The van der Waals surface area contributed by atoms with E-state index < -0.39 is 0 Å². The molecule has 0 bridgehead atoms. The monoisotopic (exact) mass is 310 g/mol. The van der Waals surface area contributed by atoms with Gasteiger partial charge >= 0.3 is 0 Å². The van der Waals surface area contributed by atoms with Crippen molar-refractivity contribution in [3.8, 4) is 5.75 Å². The minimum Gasteiger partial charge on any atom is -0.482 e. The Morgan fingerprint density at radius 3 is 2.55 bits per heavy atom. The minimum atomic E-state index is -0.300. The zero-order valence-corrected chi connectivity index (χ0v) is 11.9. The van der Waals surface area contributed by atoms with Gasteiger partial charge < -0.3 is 15.8 Å². The lowest BCUT2D eigenvalue weighted by Crippen LogP contribution is -2.20. The fourth-order valence-corrected chi connectivity index (χ4v) is 1.83. The van der Waals surface area contributed by atoms with Crippen LogP contribution in [0.25, 0.3) is 0 Å². The Morgan fingerprint density at radius 2 is 1.85 bits per heavy atom. The Kier molecular flexibility index (Phi) is 4.71. The first-order chi connectivity index (χ1) is 9.54. The Hall–Kier alpha value is -1.91. The second-order valence-electron chi connectivity index (χ2n) is 4.03. The van der Waals surface area contributed by atoms with Gasteiger partial charge in [0.2, 0.25) is 0 Å². The summed E-state index contributed by atoms with van der Waals surface area (Å²) in [4.78, 5) is 11.7. The molecule has 0 unspecified atom stereocenters. The van der Waals surface area contributed by atoms with Crippen molar-refractivity contribution in [1.29, 1.82) is 0 Å². The highest BCUT2D eigenvalue weighted by Gasteiger charge is 2.07. The van der Waals surface area contributed by atoms with Crippen LogP contribution in [0, 0.1) is 0 Å². The molecule has 104 valence electrons. The summed E-state index contributed by atoms with van der Waals surface area (Å²) in [5.74, 6) is 0.0671. The summed E-state index contributed by atoms with van der Waals surface area (Å²) in [6.07, 6.45) is 0. The second-order valence-corrected chi connectivity index (χ2v) is 4.88. The van der Waals surface area contributed by atoms with Gasteiger partial charge in [-0.1, -0.05) is 23.2 Å². The number of ether oxygens (including phenoxy) is 1. The highest BCUT2D eigenvalue weighted by Crippen LogP contribution is 2.27. The van der Waals surface area contributed by atoms with E-state index in [1.165, 1.54) is 0 Å². The molecule has 1 amide bonds. The van der Waals surface area contributed by atoms with E-state index in [4.69, 9.17) is 33.7 Å². The molecule has 2 aromatic carbocycles. The van der Waals surface area contributed by atoms with Crippen LogP contribution in [-0.2, 0) is 4.79 Å². The molecule has 2 rings (SSSR count). The van der Waals surface area contributed by atoms with E-state index >= 15 is 0 Å². The Labute approximate surface area is 126 Å². The van der Waals surface area contributed by atoms with Gasteiger partial charge in [0, 0.05) is 22.5 Å². The van der Waals surface area contributed by atoms with Crippen LogP contribution in [0.1, 0.15) is 0 Å². The Bertz CT molecular complexity index is 615. The lowest BCUT2D eigenvalue weighted by Gasteiger charge is -2.09. The molecule has 0 aliphatic heterocycles. The van der Waals surface area contributed by atoms with Gasteiger partial charge in [0.05, 0.1) is 5.02 Å². The van der Waals surface area contributed by atoms with E-state index in [-0.39, 0.29) is 12.5 Å². The van der Waals surface area contributed by atoms with Crippen LogP contribution in [0.3, 0.4) is 0 Å². The van der Waals surface area contributed by atoms with Crippen LogP contribution in [0.2, 0.25) is 10.0 Å². The van der Waals surface area contributed by atoms with Crippen molar-refractivity contribution in [2.75, 3.05) is 17.7 Å². The van der Waals surface area contributed by atoms with Crippen molar-refractivity contribution in [2.45, 2.75) is 0 Å². The molecule has 0 aromatic heterocycles. The molecule has 0 saturated heterocycles. The summed E-state index contributed by atoms with van der Waals surface area (Å²) in [5.41, 5.74) is 6.83. The average Bonchev–Trinajstić information content (AvgIpc) is 2.42. The molecule has 0 heterocycles. The van der Waals surface area contributed by atoms with Crippen molar-refractivity contribution >= 4 is 40.5 Å². The maximum atomic E-state index is 11.7. The predicted octanol–water partition coefficient (Wildman–Crippen LogP) is 3.59. The smallest absolute Gasteiger partial charge is 0.262 e. The normalized spacial score (nSPS) is 10.1. The van der Waals surface area contributed by atoms with Gasteiger partial charge in [-0.05, 0) is 36.4 Å². The fourth-order valence-electron chi connectivity index (χ4n) is 1.49. The first-order valence-corrected chi connectivity index (χ1v) is 6.53. The van der Waals surface area contributed by atoms with E-state index in [1.807, 2.05) is 0 Å². The maximum absolute atomic E-state index is 11.7. The molecule has 0 aliphatic carbocycles. The molecule has 0 aliphatic rings. The minimum absolute atomic E-state index is 0.162. The van der Waals surface area contributed by atoms with Crippen molar-refractivity contribution in [2.24, 2.45) is 0 Å². The third-order valence-electron chi connectivity index (χ3n) is 2.45. The second kappa shape index (κ2) is 6.50. The first-order valence-electron chi connectivity index (χ1n) is 5.78. The van der Waals surface area contributed by atoms with Gasteiger partial charge in [0.15, 0.2) is 6.61 Å². The molecule has 0 radical (unpaired) electrons. The number of amides is 1. The van der Waals surface area contributed by atoms with E-state index in [2.05, 4.69) is 5.32 Å². The van der Waals surface area contributed by atoms with Gasteiger partial charge in [-0.3, -0.25) is 4.79 Å². The van der Waals surface area contributed by atoms with E-state index in [0.29, 0.717) is 27.2 Å². The van der Waals surface area contributed by atoms with Crippen molar-refractivity contribution in [1.82, 2.24) is 0 Å². The number of halogens is 2. The van der Waals surface area contributed by atoms with Crippen molar-refractivity contribution < 1.29 is 9.53 Å². The number of hydrogen-bond donors (Lipinski definition) is 2. The van der Waals surface area contributed by atoms with Gasteiger partial charge in [-0.25, -0.2) is 0 Å². The zero-order chi connectivity index (χ0) is 14.5. The number of nitrogen functional groups attached to an aromatic ring is 1. The lowest BCUT2D eigenvalue weighted by atomic mass is 10.3. The quantitative estimate of drug-likeness (QED) is 0.848. The molecular weight excluding hydrogens is 299 g/mol. The highest BCUT2D eigenvalue weighted by atomic mass is 35.5.